The Bertz CT molecular complexity index is 690. The van der Waals surface area contributed by atoms with Gasteiger partial charge in [-0.2, -0.15) is 0 Å². The highest BCUT2D eigenvalue weighted by Crippen LogP contribution is 2.12. The molecule has 5 nitrogen and oxygen atoms in total. The van der Waals surface area contributed by atoms with Crippen molar-refractivity contribution >= 4 is 11.3 Å². The van der Waals surface area contributed by atoms with Gasteiger partial charge in [0, 0.05) is 24.7 Å². The number of imidazole rings is 1. The van der Waals surface area contributed by atoms with Crippen molar-refractivity contribution in [3.05, 3.63) is 60.3 Å². The van der Waals surface area contributed by atoms with Crippen LogP contribution in [0.5, 0.6) is 0 Å². The van der Waals surface area contributed by atoms with E-state index in [0.717, 1.165) is 22.6 Å². The molecule has 2 N–H and O–H groups in total. The molecule has 0 saturated carbocycles. The zero-order chi connectivity index (χ0) is 13.8. The van der Waals surface area contributed by atoms with Crippen LogP contribution in [-0.4, -0.2) is 26.1 Å². The van der Waals surface area contributed by atoms with Crippen LogP contribution in [0.1, 0.15) is 11.3 Å². The summed E-state index contributed by atoms with van der Waals surface area (Å²) in [7, 11) is 0. The lowest BCUT2D eigenvalue weighted by atomic mass is 10.1. The van der Waals surface area contributed by atoms with Gasteiger partial charge >= 0.3 is 0 Å². The lowest BCUT2D eigenvalue weighted by Crippen LogP contribution is -2.02. The fourth-order valence-electron chi connectivity index (χ4n) is 2.14. The Balaban J connectivity index is 1.69. The van der Waals surface area contributed by atoms with Gasteiger partial charge in [-0.15, -0.1) is 0 Å². The van der Waals surface area contributed by atoms with E-state index in [9.17, 15) is 0 Å². The van der Waals surface area contributed by atoms with Gasteiger partial charge in [-0.1, -0.05) is 12.1 Å². The van der Waals surface area contributed by atoms with E-state index in [1.54, 1.807) is 12.4 Å². The second-order valence-corrected chi connectivity index (χ2v) is 4.58. The van der Waals surface area contributed by atoms with E-state index in [0.29, 0.717) is 13.0 Å². The highest BCUT2D eigenvalue weighted by Gasteiger charge is 2.02. The minimum absolute atomic E-state index is 0.183. The summed E-state index contributed by atoms with van der Waals surface area (Å²) >= 11 is 0. The molecule has 0 amide bonds. The molecule has 0 fully saturated rings. The third-order valence-corrected chi connectivity index (χ3v) is 3.22. The Morgan fingerprint density at radius 3 is 2.80 bits per heavy atom. The molecule has 0 unspecified atom stereocenters. The average molecular weight is 268 g/mol. The Morgan fingerprint density at radius 1 is 1.15 bits per heavy atom. The first-order chi connectivity index (χ1) is 9.86. The fourth-order valence-corrected chi connectivity index (χ4v) is 2.14. The van der Waals surface area contributed by atoms with Crippen molar-refractivity contribution in [2.75, 3.05) is 11.9 Å². The molecule has 0 radical (unpaired) electrons. The van der Waals surface area contributed by atoms with Gasteiger partial charge in [-0.05, 0) is 24.1 Å². The van der Waals surface area contributed by atoms with Crippen molar-refractivity contribution in [2.24, 2.45) is 0 Å². The molecular formula is C15H16N4O. The molecule has 0 atom stereocenters. The summed E-state index contributed by atoms with van der Waals surface area (Å²) < 4.78 is 2.01. The standard InChI is InChI=1S/C15H16N4O/c20-8-5-12-1-3-13(4-2-12)17-9-14-10-18-15-11-16-6-7-19(14)15/h1-4,6-7,10-11,17,20H,5,8-9H2. The summed E-state index contributed by atoms with van der Waals surface area (Å²) in [6.07, 6.45) is 7.95. The molecule has 0 aliphatic carbocycles. The molecule has 0 saturated heterocycles. The number of fused-ring (bicyclic) bond motifs is 1. The van der Waals surface area contributed by atoms with E-state index >= 15 is 0 Å². The molecule has 1 aromatic carbocycles. The van der Waals surface area contributed by atoms with Gasteiger partial charge in [0.1, 0.15) is 0 Å². The first kappa shape index (κ1) is 12.6. The molecule has 20 heavy (non-hydrogen) atoms. The predicted molar refractivity (Wildman–Crippen MR) is 77.5 cm³/mol. The molecule has 5 heteroatoms. The Kier molecular flexibility index (Phi) is 3.60. The smallest absolute Gasteiger partial charge is 0.155 e. The minimum Gasteiger partial charge on any atom is -0.396 e. The quantitative estimate of drug-likeness (QED) is 0.741. The van der Waals surface area contributed by atoms with Crippen LogP contribution in [0, 0.1) is 0 Å². The summed E-state index contributed by atoms with van der Waals surface area (Å²) in [5.41, 5.74) is 4.12. The molecule has 0 spiro atoms. The van der Waals surface area contributed by atoms with Crippen LogP contribution < -0.4 is 5.32 Å². The number of nitrogens with zero attached hydrogens (tertiary/aromatic N) is 3. The Labute approximate surface area is 116 Å². The van der Waals surface area contributed by atoms with Gasteiger partial charge in [0.15, 0.2) is 5.65 Å². The normalized spacial score (nSPS) is 10.8. The number of aliphatic hydroxyl groups excluding tert-OH is 1. The van der Waals surface area contributed by atoms with Crippen molar-refractivity contribution in [1.82, 2.24) is 14.4 Å². The average Bonchev–Trinajstić information content (AvgIpc) is 2.90. The number of anilines is 1. The van der Waals surface area contributed by atoms with Crippen molar-refractivity contribution in [3.8, 4) is 0 Å². The van der Waals surface area contributed by atoms with Crippen LogP contribution in [0.4, 0.5) is 5.69 Å². The molecule has 2 aromatic heterocycles. The van der Waals surface area contributed by atoms with Gasteiger partial charge in [0.25, 0.3) is 0 Å². The molecule has 3 rings (SSSR count). The summed E-state index contributed by atoms with van der Waals surface area (Å²) in [6.45, 7) is 0.882. The van der Waals surface area contributed by atoms with Gasteiger partial charge in [0.2, 0.25) is 0 Å². The molecule has 0 aliphatic rings. The number of benzene rings is 1. The van der Waals surface area contributed by atoms with Crippen molar-refractivity contribution in [1.29, 1.82) is 0 Å². The highest BCUT2D eigenvalue weighted by molar-refractivity contribution is 5.45. The first-order valence-electron chi connectivity index (χ1n) is 6.56. The van der Waals surface area contributed by atoms with Crippen molar-refractivity contribution in [2.45, 2.75) is 13.0 Å². The number of aliphatic hydroxyl groups is 1. The van der Waals surface area contributed by atoms with Crippen LogP contribution in [0.15, 0.2) is 49.1 Å². The lowest BCUT2D eigenvalue weighted by Gasteiger charge is -2.07. The third kappa shape index (κ3) is 2.62. The fraction of sp³-hybridized carbons (Fsp3) is 0.200. The van der Waals surface area contributed by atoms with Crippen LogP contribution in [-0.2, 0) is 13.0 Å². The number of aromatic nitrogens is 3. The topological polar surface area (TPSA) is 62.5 Å². The van der Waals surface area contributed by atoms with Crippen molar-refractivity contribution < 1.29 is 5.11 Å². The maximum Gasteiger partial charge on any atom is 0.155 e. The van der Waals surface area contributed by atoms with E-state index in [1.165, 1.54) is 0 Å². The van der Waals surface area contributed by atoms with Crippen LogP contribution in [0.2, 0.25) is 0 Å². The maximum absolute atomic E-state index is 8.89. The molecule has 3 aromatic rings. The number of hydrogen-bond acceptors (Lipinski definition) is 4. The number of nitrogens with one attached hydrogen (secondary N) is 1. The Morgan fingerprint density at radius 2 is 2.00 bits per heavy atom. The summed E-state index contributed by atoms with van der Waals surface area (Å²) in [6, 6.07) is 8.10. The van der Waals surface area contributed by atoms with Gasteiger partial charge in [0.05, 0.1) is 24.6 Å². The first-order valence-corrected chi connectivity index (χ1v) is 6.56. The van der Waals surface area contributed by atoms with Crippen LogP contribution in [0.25, 0.3) is 5.65 Å². The Hall–Kier alpha value is -2.40. The van der Waals surface area contributed by atoms with Crippen molar-refractivity contribution in [3.63, 3.8) is 0 Å². The largest absolute Gasteiger partial charge is 0.396 e. The monoisotopic (exact) mass is 268 g/mol. The van der Waals surface area contributed by atoms with Crippen LogP contribution in [0.3, 0.4) is 0 Å². The molecule has 0 bridgehead atoms. The zero-order valence-electron chi connectivity index (χ0n) is 11.0. The van der Waals surface area contributed by atoms with E-state index in [2.05, 4.69) is 15.3 Å². The zero-order valence-corrected chi connectivity index (χ0v) is 11.0. The maximum atomic E-state index is 8.89. The van der Waals surface area contributed by atoms with E-state index in [4.69, 9.17) is 5.11 Å². The molecule has 2 heterocycles. The molecule has 0 aliphatic heterocycles. The summed E-state index contributed by atoms with van der Waals surface area (Å²) in [5, 5.41) is 12.3. The van der Waals surface area contributed by atoms with Gasteiger partial charge in [-0.25, -0.2) is 4.98 Å². The predicted octanol–water partition coefficient (Wildman–Crippen LogP) is 1.88. The minimum atomic E-state index is 0.183. The third-order valence-electron chi connectivity index (χ3n) is 3.22. The van der Waals surface area contributed by atoms with Gasteiger partial charge in [-0.3, -0.25) is 9.38 Å². The van der Waals surface area contributed by atoms with E-state index in [1.807, 2.05) is 41.1 Å². The van der Waals surface area contributed by atoms with E-state index < -0.39 is 0 Å². The van der Waals surface area contributed by atoms with Crippen LogP contribution >= 0.6 is 0 Å². The SMILES string of the molecule is OCCc1ccc(NCc2cnc3cnccn23)cc1. The second kappa shape index (κ2) is 5.71. The lowest BCUT2D eigenvalue weighted by molar-refractivity contribution is 0.299. The molecule has 102 valence electrons. The van der Waals surface area contributed by atoms with Gasteiger partial charge < -0.3 is 10.4 Å². The second-order valence-electron chi connectivity index (χ2n) is 4.58. The number of rotatable bonds is 5. The highest BCUT2D eigenvalue weighted by atomic mass is 16.2. The molecular weight excluding hydrogens is 252 g/mol. The number of hydrogen-bond donors (Lipinski definition) is 2. The summed E-state index contributed by atoms with van der Waals surface area (Å²) in [4.78, 5) is 8.35. The van der Waals surface area contributed by atoms with E-state index in [-0.39, 0.29) is 6.61 Å². The summed E-state index contributed by atoms with van der Waals surface area (Å²) in [5.74, 6) is 0.